The molecule has 1 aromatic heterocycles. The van der Waals surface area contributed by atoms with Crippen LogP contribution in [0.25, 0.3) is 10.8 Å². The number of hydrogen-bond donors (Lipinski definition) is 1. The SMILES string of the molecule is COc1ccccc1[C@@H](CNc1oc(Cc2cccc3ccccc23)nc1C#N)N(C)C. The van der Waals surface area contributed by atoms with Crippen molar-refractivity contribution >= 4 is 16.7 Å². The van der Waals surface area contributed by atoms with E-state index in [4.69, 9.17) is 9.15 Å². The minimum absolute atomic E-state index is 0.0179. The molecule has 6 nitrogen and oxygen atoms in total. The highest BCUT2D eigenvalue weighted by Gasteiger charge is 2.21. The fourth-order valence-electron chi connectivity index (χ4n) is 3.95. The zero-order valence-electron chi connectivity index (χ0n) is 18.5. The van der Waals surface area contributed by atoms with E-state index in [9.17, 15) is 5.26 Å². The lowest BCUT2D eigenvalue weighted by atomic mass is 10.0. The molecule has 0 amide bonds. The predicted octanol–water partition coefficient (Wildman–Crippen LogP) is 5.01. The lowest BCUT2D eigenvalue weighted by Gasteiger charge is -2.26. The van der Waals surface area contributed by atoms with Gasteiger partial charge in [-0.15, -0.1) is 0 Å². The molecule has 6 heteroatoms. The second kappa shape index (κ2) is 9.54. The first-order valence-electron chi connectivity index (χ1n) is 10.5. The second-order valence-corrected chi connectivity index (χ2v) is 7.81. The summed E-state index contributed by atoms with van der Waals surface area (Å²) in [5.41, 5.74) is 2.43. The number of anilines is 1. The van der Waals surface area contributed by atoms with Crippen molar-refractivity contribution in [3.63, 3.8) is 0 Å². The maximum atomic E-state index is 9.60. The van der Waals surface area contributed by atoms with Gasteiger partial charge in [0.05, 0.1) is 19.6 Å². The van der Waals surface area contributed by atoms with E-state index in [2.05, 4.69) is 45.5 Å². The van der Waals surface area contributed by atoms with Crippen molar-refractivity contribution in [1.82, 2.24) is 9.88 Å². The minimum Gasteiger partial charge on any atom is -0.496 e. The minimum atomic E-state index is 0.0179. The largest absolute Gasteiger partial charge is 0.496 e. The number of fused-ring (bicyclic) bond motifs is 1. The van der Waals surface area contributed by atoms with E-state index < -0.39 is 0 Å². The Morgan fingerprint density at radius 1 is 1.06 bits per heavy atom. The fraction of sp³-hybridized carbons (Fsp3) is 0.231. The van der Waals surface area contributed by atoms with Crippen LogP contribution in [0.2, 0.25) is 0 Å². The van der Waals surface area contributed by atoms with Crippen LogP contribution in [0, 0.1) is 11.3 Å². The molecule has 1 atom stereocenters. The molecule has 1 N–H and O–H groups in total. The van der Waals surface area contributed by atoms with Crippen LogP contribution in [0.1, 0.15) is 28.8 Å². The Kier molecular flexibility index (Phi) is 6.39. The smallest absolute Gasteiger partial charge is 0.232 e. The number of oxazole rings is 1. The Labute approximate surface area is 188 Å². The first-order valence-corrected chi connectivity index (χ1v) is 10.5. The standard InChI is InChI=1S/C26H26N4O2/c1-30(2)23(21-13-6-7-14-24(21)31-3)17-28-26-22(16-27)29-25(32-26)15-19-11-8-10-18-9-4-5-12-20(18)19/h4-14,23,28H,15,17H2,1-3H3/t23-/m1/s1. The highest BCUT2D eigenvalue weighted by atomic mass is 16.5. The van der Waals surface area contributed by atoms with E-state index in [-0.39, 0.29) is 11.7 Å². The van der Waals surface area contributed by atoms with Crippen molar-refractivity contribution in [2.75, 3.05) is 33.1 Å². The van der Waals surface area contributed by atoms with E-state index in [1.54, 1.807) is 7.11 Å². The van der Waals surface area contributed by atoms with Crippen molar-refractivity contribution in [2.24, 2.45) is 0 Å². The summed E-state index contributed by atoms with van der Waals surface area (Å²) in [7, 11) is 5.69. The lowest BCUT2D eigenvalue weighted by molar-refractivity contribution is 0.298. The molecule has 4 aromatic rings. The van der Waals surface area contributed by atoms with Crippen LogP contribution in [-0.2, 0) is 6.42 Å². The summed E-state index contributed by atoms with van der Waals surface area (Å²) in [6, 6.07) is 24.5. The van der Waals surface area contributed by atoms with Gasteiger partial charge in [0.2, 0.25) is 17.5 Å². The van der Waals surface area contributed by atoms with Crippen LogP contribution in [0.4, 0.5) is 5.88 Å². The van der Waals surface area contributed by atoms with E-state index >= 15 is 0 Å². The van der Waals surface area contributed by atoms with Gasteiger partial charge >= 0.3 is 0 Å². The number of nitrogens with zero attached hydrogens (tertiary/aromatic N) is 3. The van der Waals surface area contributed by atoms with Crippen LogP contribution in [0.15, 0.2) is 71.1 Å². The van der Waals surface area contributed by atoms with Gasteiger partial charge in [-0.2, -0.15) is 5.26 Å². The summed E-state index contributed by atoms with van der Waals surface area (Å²) >= 11 is 0. The number of methoxy groups -OCH3 is 1. The van der Waals surface area contributed by atoms with Crippen molar-refractivity contribution in [3.8, 4) is 11.8 Å². The number of likely N-dealkylation sites (N-methyl/N-ethyl adjacent to an activating group) is 1. The number of para-hydroxylation sites is 1. The molecule has 0 aliphatic carbocycles. The van der Waals surface area contributed by atoms with Gasteiger partial charge < -0.3 is 19.4 Å². The molecule has 0 saturated heterocycles. The molecule has 0 fully saturated rings. The molecular weight excluding hydrogens is 400 g/mol. The van der Waals surface area contributed by atoms with Gasteiger partial charge in [-0.3, -0.25) is 0 Å². The highest BCUT2D eigenvalue weighted by molar-refractivity contribution is 5.85. The Bertz CT molecular complexity index is 1250. The fourth-order valence-corrected chi connectivity index (χ4v) is 3.95. The number of aromatic nitrogens is 1. The number of rotatable bonds is 8. The molecule has 0 aliphatic heterocycles. The molecule has 0 unspecified atom stereocenters. The molecule has 162 valence electrons. The van der Waals surface area contributed by atoms with Gasteiger partial charge in [0.15, 0.2) is 0 Å². The van der Waals surface area contributed by atoms with Gasteiger partial charge in [-0.05, 0) is 36.5 Å². The monoisotopic (exact) mass is 426 g/mol. The first kappa shape index (κ1) is 21.4. The number of benzene rings is 3. The third kappa shape index (κ3) is 4.43. The summed E-state index contributed by atoms with van der Waals surface area (Å²) < 4.78 is 11.5. The Hall–Kier alpha value is -3.82. The normalized spacial score (nSPS) is 12.0. The molecule has 0 aliphatic rings. The van der Waals surface area contributed by atoms with Crippen molar-refractivity contribution < 1.29 is 9.15 Å². The average Bonchev–Trinajstić information content (AvgIpc) is 3.21. The Morgan fingerprint density at radius 2 is 1.81 bits per heavy atom. The predicted molar refractivity (Wildman–Crippen MR) is 126 cm³/mol. The molecule has 32 heavy (non-hydrogen) atoms. The molecule has 4 rings (SSSR count). The van der Waals surface area contributed by atoms with Gasteiger partial charge in [0.1, 0.15) is 11.8 Å². The van der Waals surface area contributed by atoms with Gasteiger partial charge in [0.25, 0.3) is 0 Å². The second-order valence-electron chi connectivity index (χ2n) is 7.81. The molecule has 0 radical (unpaired) electrons. The first-order chi connectivity index (χ1) is 15.6. The third-order valence-electron chi connectivity index (χ3n) is 5.58. The summed E-state index contributed by atoms with van der Waals surface area (Å²) in [6.45, 7) is 0.533. The number of nitriles is 1. The van der Waals surface area contributed by atoms with Crippen LogP contribution in [0.5, 0.6) is 5.75 Å². The summed E-state index contributed by atoms with van der Waals surface area (Å²) in [6.07, 6.45) is 0.515. The average molecular weight is 427 g/mol. The summed E-state index contributed by atoms with van der Waals surface area (Å²) in [5, 5.41) is 15.2. The molecule has 0 saturated carbocycles. The van der Waals surface area contributed by atoms with Gasteiger partial charge in [0, 0.05) is 12.1 Å². The van der Waals surface area contributed by atoms with Crippen LogP contribution >= 0.6 is 0 Å². The van der Waals surface area contributed by atoms with E-state index in [0.717, 1.165) is 22.3 Å². The quantitative estimate of drug-likeness (QED) is 0.427. The summed E-state index contributed by atoms with van der Waals surface area (Å²) in [5.74, 6) is 1.73. The summed E-state index contributed by atoms with van der Waals surface area (Å²) in [4.78, 5) is 6.53. The van der Waals surface area contributed by atoms with Crippen LogP contribution in [-0.4, -0.2) is 37.6 Å². The van der Waals surface area contributed by atoms with E-state index in [1.165, 1.54) is 5.39 Å². The maximum absolute atomic E-state index is 9.60. The Morgan fingerprint density at radius 3 is 2.59 bits per heavy atom. The van der Waals surface area contributed by atoms with Crippen molar-refractivity contribution in [2.45, 2.75) is 12.5 Å². The van der Waals surface area contributed by atoms with Gasteiger partial charge in [-0.25, -0.2) is 4.98 Å². The van der Waals surface area contributed by atoms with Crippen LogP contribution < -0.4 is 10.1 Å². The lowest BCUT2D eigenvalue weighted by Crippen LogP contribution is -2.27. The van der Waals surface area contributed by atoms with E-state index in [1.807, 2.05) is 56.6 Å². The topological polar surface area (TPSA) is 74.3 Å². The number of nitrogens with one attached hydrogen (secondary N) is 1. The van der Waals surface area contributed by atoms with Crippen molar-refractivity contribution in [3.05, 3.63) is 89.4 Å². The number of ether oxygens (including phenoxy) is 1. The van der Waals surface area contributed by atoms with Crippen LogP contribution in [0.3, 0.4) is 0 Å². The Balaban J connectivity index is 1.56. The zero-order valence-corrected chi connectivity index (χ0v) is 18.5. The molecule has 1 heterocycles. The zero-order chi connectivity index (χ0) is 22.5. The molecule has 0 spiro atoms. The maximum Gasteiger partial charge on any atom is 0.232 e. The molecule has 3 aromatic carbocycles. The number of hydrogen-bond acceptors (Lipinski definition) is 6. The molecular formula is C26H26N4O2. The molecule has 0 bridgehead atoms. The third-order valence-corrected chi connectivity index (χ3v) is 5.58. The van der Waals surface area contributed by atoms with Crippen molar-refractivity contribution in [1.29, 1.82) is 5.26 Å². The van der Waals surface area contributed by atoms with E-state index in [0.29, 0.717) is 24.7 Å². The highest BCUT2D eigenvalue weighted by Crippen LogP contribution is 2.29. The van der Waals surface area contributed by atoms with Gasteiger partial charge in [-0.1, -0.05) is 60.7 Å².